The third kappa shape index (κ3) is 6.31. The van der Waals surface area contributed by atoms with E-state index >= 15 is 13.2 Å². The third-order valence-corrected chi connectivity index (χ3v) is 9.62. The second kappa shape index (κ2) is 11.4. The molecule has 1 unspecified atom stereocenters. The van der Waals surface area contributed by atoms with E-state index in [2.05, 4.69) is 10.2 Å². The number of rotatable bonds is 7. The summed E-state index contributed by atoms with van der Waals surface area (Å²) >= 11 is 0. The van der Waals surface area contributed by atoms with Crippen molar-refractivity contribution >= 4 is 21.4 Å². The lowest BCUT2D eigenvalue weighted by Crippen LogP contribution is -2.43. The number of hydrogen-bond acceptors (Lipinski definition) is 8. The van der Waals surface area contributed by atoms with Gasteiger partial charge in [0.25, 0.3) is 11.8 Å². The highest BCUT2D eigenvalue weighted by molar-refractivity contribution is 7.91. The van der Waals surface area contributed by atoms with Gasteiger partial charge in [0.1, 0.15) is 22.1 Å². The maximum absolute atomic E-state index is 15.4. The second-order valence-corrected chi connectivity index (χ2v) is 13.8. The molecule has 2 heterocycles. The van der Waals surface area contributed by atoms with Crippen LogP contribution in [0.4, 0.5) is 32.0 Å². The van der Waals surface area contributed by atoms with Gasteiger partial charge in [0.15, 0.2) is 9.84 Å². The molecular weight excluding hydrogens is 642 g/mol. The van der Waals surface area contributed by atoms with E-state index in [4.69, 9.17) is 14.9 Å². The van der Waals surface area contributed by atoms with Gasteiger partial charge < -0.3 is 19.8 Å². The molecule has 1 atom stereocenters. The number of amides is 1. The highest BCUT2D eigenvalue weighted by Crippen LogP contribution is 2.45. The molecule has 0 bridgehead atoms. The Labute approximate surface area is 258 Å². The molecule has 0 aliphatic carbocycles. The second-order valence-electron chi connectivity index (χ2n) is 11.3. The first-order chi connectivity index (χ1) is 21.3. The average molecular weight is 669 g/mol. The minimum atomic E-state index is -4.57. The van der Waals surface area contributed by atoms with Gasteiger partial charge in [-0.2, -0.15) is 13.2 Å². The lowest BCUT2D eigenvalue weighted by Gasteiger charge is -2.25. The predicted molar refractivity (Wildman–Crippen MR) is 153 cm³/mol. The zero-order valence-electron chi connectivity index (χ0n) is 24.4. The van der Waals surface area contributed by atoms with Crippen LogP contribution in [-0.4, -0.2) is 36.8 Å². The molecule has 46 heavy (non-hydrogen) atoms. The van der Waals surface area contributed by atoms with Crippen LogP contribution in [0.2, 0.25) is 0 Å². The fourth-order valence-electron chi connectivity index (χ4n) is 4.65. The molecule has 4 aromatic rings. The summed E-state index contributed by atoms with van der Waals surface area (Å²) in [6, 6.07) is 9.81. The molecule has 0 spiro atoms. The Morgan fingerprint density at radius 2 is 1.72 bits per heavy atom. The number of carbonyl (C=O) groups is 1. The molecule has 2 N–H and O–H groups in total. The number of aromatic nitrogens is 2. The van der Waals surface area contributed by atoms with E-state index in [0.29, 0.717) is 11.6 Å². The number of hydrogen-bond donors (Lipinski definition) is 1. The van der Waals surface area contributed by atoms with E-state index in [1.165, 1.54) is 50.2 Å². The van der Waals surface area contributed by atoms with E-state index in [9.17, 15) is 26.4 Å². The molecule has 3 aromatic carbocycles. The van der Waals surface area contributed by atoms with E-state index in [-0.39, 0.29) is 23.9 Å². The fraction of sp³-hybridized carbons (Fsp3) is 0.300. The lowest BCUT2D eigenvalue weighted by atomic mass is 9.99. The molecule has 0 fully saturated rings. The highest BCUT2D eigenvalue weighted by atomic mass is 32.2. The zero-order valence-corrected chi connectivity index (χ0v) is 25.2. The van der Waals surface area contributed by atoms with Gasteiger partial charge >= 0.3 is 6.18 Å². The summed E-state index contributed by atoms with van der Waals surface area (Å²) in [5.74, 6) is -6.61. The number of fused-ring (bicyclic) bond motifs is 1. The largest absolute Gasteiger partial charge is 0.457 e. The normalized spacial score (nSPS) is 17.0. The smallest absolute Gasteiger partial charge is 0.416 e. The summed E-state index contributed by atoms with van der Waals surface area (Å²) in [5, 5.41) is 7.45. The number of sulfone groups is 1. The topological polar surface area (TPSA) is 129 Å². The molecule has 1 amide bonds. The van der Waals surface area contributed by atoms with Gasteiger partial charge in [0.2, 0.25) is 11.8 Å². The number of carbonyl (C=O) groups excluding carboxylic acids is 1. The van der Waals surface area contributed by atoms with Crippen molar-refractivity contribution < 1.29 is 48.7 Å². The summed E-state index contributed by atoms with van der Waals surface area (Å²) in [7, 11) is -3.76. The van der Waals surface area contributed by atoms with Crippen LogP contribution in [0.1, 0.15) is 42.8 Å². The number of anilines is 1. The van der Waals surface area contributed by atoms with E-state index in [1.807, 2.05) is 0 Å². The predicted octanol–water partition coefficient (Wildman–Crippen LogP) is 6.32. The fourth-order valence-corrected chi connectivity index (χ4v) is 5.05. The zero-order chi connectivity index (χ0) is 33.8. The molecule has 1 aromatic heterocycles. The number of alkyl halides is 5. The van der Waals surface area contributed by atoms with Crippen LogP contribution in [0, 0.1) is 5.82 Å². The van der Waals surface area contributed by atoms with Crippen LogP contribution in [0.15, 0.2) is 65.1 Å². The van der Waals surface area contributed by atoms with Crippen molar-refractivity contribution in [3.8, 4) is 23.0 Å². The van der Waals surface area contributed by atoms with Crippen LogP contribution in [-0.2, 0) is 38.0 Å². The number of nitrogens with two attached hydrogens (primary N) is 1. The van der Waals surface area contributed by atoms with Crippen molar-refractivity contribution in [2.45, 2.75) is 49.7 Å². The number of halogens is 6. The standard InChI is InChI=1S/C30H26F6N4O5S/c1-28(2,46(3,42)43)27-39-38-25(45-27)20-12-24-21(13-22(20)31)29(32,33)14-23(37)26(41)40(24)15-16-7-9-18(10-8-16)44-19-6-4-5-17(11-19)30(34,35)36/h4-13,23H,14-15,37H2,1-3H3. The van der Waals surface area contributed by atoms with E-state index in [1.54, 1.807) is 0 Å². The van der Waals surface area contributed by atoms with Gasteiger partial charge in [-0.3, -0.25) is 4.79 Å². The maximum atomic E-state index is 15.4. The lowest BCUT2D eigenvalue weighted by molar-refractivity contribution is -0.137. The van der Waals surface area contributed by atoms with Crippen molar-refractivity contribution in [1.82, 2.24) is 10.2 Å². The molecule has 9 nitrogen and oxygen atoms in total. The quantitative estimate of drug-likeness (QED) is 0.227. The summed E-state index contributed by atoms with van der Waals surface area (Å²) in [5.41, 5.74) is 3.64. The monoisotopic (exact) mass is 668 g/mol. The molecular formula is C30H26F6N4O5S. The minimum absolute atomic E-state index is 0.0777. The Hall–Kier alpha value is -4.44. The molecule has 16 heteroatoms. The summed E-state index contributed by atoms with van der Waals surface area (Å²) in [4.78, 5) is 14.3. The van der Waals surface area contributed by atoms with Gasteiger partial charge in [0.05, 0.1) is 29.4 Å². The highest BCUT2D eigenvalue weighted by Gasteiger charge is 2.45. The average Bonchev–Trinajstić information content (AvgIpc) is 3.44. The first-order valence-corrected chi connectivity index (χ1v) is 15.4. The van der Waals surface area contributed by atoms with Crippen molar-refractivity contribution in [2.24, 2.45) is 5.73 Å². The summed E-state index contributed by atoms with van der Waals surface area (Å²) < 4.78 is 119. The van der Waals surface area contributed by atoms with Crippen LogP contribution < -0.4 is 15.4 Å². The first kappa shape index (κ1) is 32.9. The molecule has 1 aliphatic heterocycles. The Morgan fingerprint density at radius 1 is 1.04 bits per heavy atom. The molecule has 0 saturated carbocycles. The molecule has 0 saturated heterocycles. The van der Waals surface area contributed by atoms with Crippen molar-refractivity contribution in [2.75, 3.05) is 11.2 Å². The number of ether oxygens (including phenoxy) is 1. The summed E-state index contributed by atoms with van der Waals surface area (Å²) in [6.07, 6.45) is -4.73. The third-order valence-electron chi connectivity index (χ3n) is 7.59. The van der Waals surface area contributed by atoms with Gasteiger partial charge in [-0.15, -0.1) is 10.2 Å². The van der Waals surface area contributed by atoms with Crippen molar-refractivity contribution in [1.29, 1.82) is 0 Å². The molecule has 0 radical (unpaired) electrons. The summed E-state index contributed by atoms with van der Waals surface area (Å²) in [6.45, 7) is 2.28. The SMILES string of the molecule is CC(C)(c1nnc(-c2cc3c(cc2F)C(F)(F)CC(N)C(=O)N3Cc2ccc(Oc3cccc(C(F)(F)F)c3)cc2)o1)S(C)(=O)=O. The Balaban J connectivity index is 1.50. The minimum Gasteiger partial charge on any atom is -0.457 e. The van der Waals surface area contributed by atoms with Crippen LogP contribution >= 0.6 is 0 Å². The van der Waals surface area contributed by atoms with E-state index < -0.39 is 79.1 Å². The van der Waals surface area contributed by atoms with Crippen LogP contribution in [0.3, 0.4) is 0 Å². The Bertz CT molecular complexity index is 1910. The first-order valence-electron chi connectivity index (χ1n) is 13.5. The van der Waals surface area contributed by atoms with Gasteiger partial charge in [-0.05, 0) is 61.9 Å². The Kier molecular flexibility index (Phi) is 8.18. The van der Waals surface area contributed by atoms with Crippen LogP contribution in [0.25, 0.3) is 11.5 Å². The number of nitrogens with zero attached hydrogens (tertiary/aromatic N) is 3. The molecule has 244 valence electrons. The van der Waals surface area contributed by atoms with Gasteiger partial charge in [-0.1, -0.05) is 18.2 Å². The Morgan fingerprint density at radius 3 is 2.35 bits per heavy atom. The van der Waals surface area contributed by atoms with Gasteiger partial charge in [-0.25, -0.2) is 21.6 Å². The van der Waals surface area contributed by atoms with E-state index in [0.717, 1.165) is 29.4 Å². The molecule has 5 rings (SSSR count). The van der Waals surface area contributed by atoms with Crippen LogP contribution in [0.5, 0.6) is 11.5 Å². The molecule has 1 aliphatic rings. The van der Waals surface area contributed by atoms with Crippen molar-refractivity contribution in [3.05, 3.63) is 89.1 Å². The maximum Gasteiger partial charge on any atom is 0.416 e. The number of benzene rings is 3. The van der Waals surface area contributed by atoms with Gasteiger partial charge in [0, 0.05) is 18.2 Å². The van der Waals surface area contributed by atoms with Crippen molar-refractivity contribution in [3.63, 3.8) is 0 Å².